The van der Waals surface area contributed by atoms with Crippen LogP contribution in [0.15, 0.2) is 59.1 Å². The second-order valence-corrected chi connectivity index (χ2v) is 6.74. The quantitative estimate of drug-likeness (QED) is 0.609. The van der Waals surface area contributed by atoms with Gasteiger partial charge in [0.1, 0.15) is 6.04 Å². The van der Waals surface area contributed by atoms with Crippen LogP contribution >= 0.6 is 0 Å². The molecule has 5 nitrogen and oxygen atoms in total. The number of rotatable bonds is 6. The van der Waals surface area contributed by atoms with Crippen LogP contribution in [0.5, 0.6) is 0 Å². The van der Waals surface area contributed by atoms with Gasteiger partial charge < -0.3 is 9.84 Å². The smallest absolute Gasteiger partial charge is 0.340 e. The van der Waals surface area contributed by atoms with Crippen molar-refractivity contribution in [2.45, 2.75) is 32.5 Å². The van der Waals surface area contributed by atoms with Crippen molar-refractivity contribution in [3.05, 3.63) is 71.6 Å². The Morgan fingerprint density at radius 3 is 2.52 bits per heavy atom. The standard InChI is InChI=1S/C21H20F3N3O2/c1-3-13(2)17(25-19(28)14-8-5-4-6-9-14)20-26-18(27-29-20)15-10-7-11-16(12-15)21(22,23)24/h4-13,17H,3H2,1-2H3,(H,25,28)/t13-,17-/m0/s1. The number of amides is 1. The predicted octanol–water partition coefficient (Wildman–Crippen LogP) is 5.27. The molecule has 152 valence electrons. The van der Waals surface area contributed by atoms with Gasteiger partial charge in [0.05, 0.1) is 5.56 Å². The van der Waals surface area contributed by atoms with Gasteiger partial charge in [0.25, 0.3) is 5.91 Å². The van der Waals surface area contributed by atoms with E-state index >= 15 is 0 Å². The third kappa shape index (κ3) is 4.82. The van der Waals surface area contributed by atoms with Crippen LogP contribution in [0.4, 0.5) is 13.2 Å². The number of alkyl halides is 3. The minimum absolute atomic E-state index is 0.0301. The van der Waals surface area contributed by atoms with Gasteiger partial charge in [0.2, 0.25) is 11.7 Å². The van der Waals surface area contributed by atoms with Gasteiger partial charge in [-0.05, 0) is 30.2 Å². The fourth-order valence-corrected chi connectivity index (χ4v) is 2.81. The molecule has 0 unspecified atom stereocenters. The maximum absolute atomic E-state index is 13.0. The molecule has 0 aliphatic rings. The van der Waals surface area contributed by atoms with Crippen LogP contribution in [-0.4, -0.2) is 16.0 Å². The Morgan fingerprint density at radius 2 is 1.86 bits per heavy atom. The first kappa shape index (κ1) is 20.6. The van der Waals surface area contributed by atoms with Crippen LogP contribution in [0.25, 0.3) is 11.4 Å². The Balaban J connectivity index is 1.88. The molecule has 2 aromatic carbocycles. The van der Waals surface area contributed by atoms with E-state index in [2.05, 4.69) is 15.5 Å². The molecule has 29 heavy (non-hydrogen) atoms. The van der Waals surface area contributed by atoms with E-state index in [0.29, 0.717) is 5.56 Å². The lowest BCUT2D eigenvalue weighted by atomic mass is 9.98. The number of hydrogen-bond acceptors (Lipinski definition) is 4. The minimum Gasteiger partial charge on any atom is -0.340 e. The van der Waals surface area contributed by atoms with Gasteiger partial charge in [-0.1, -0.05) is 55.8 Å². The van der Waals surface area contributed by atoms with Crippen LogP contribution in [0.1, 0.15) is 48.1 Å². The van der Waals surface area contributed by atoms with E-state index in [1.165, 1.54) is 12.1 Å². The molecule has 1 amide bonds. The second kappa shape index (κ2) is 8.46. The molecule has 1 heterocycles. The van der Waals surface area contributed by atoms with Crippen molar-refractivity contribution in [3.8, 4) is 11.4 Å². The zero-order valence-corrected chi connectivity index (χ0v) is 15.9. The first-order valence-corrected chi connectivity index (χ1v) is 9.16. The second-order valence-electron chi connectivity index (χ2n) is 6.74. The van der Waals surface area contributed by atoms with Crippen molar-refractivity contribution in [1.82, 2.24) is 15.5 Å². The molecule has 0 fully saturated rings. The molecule has 0 aliphatic carbocycles. The van der Waals surface area contributed by atoms with E-state index in [1.807, 2.05) is 19.9 Å². The largest absolute Gasteiger partial charge is 0.416 e. The lowest BCUT2D eigenvalue weighted by molar-refractivity contribution is -0.137. The molecule has 1 N–H and O–H groups in total. The van der Waals surface area contributed by atoms with E-state index in [4.69, 9.17) is 4.52 Å². The maximum atomic E-state index is 13.0. The van der Waals surface area contributed by atoms with Crippen LogP contribution in [0, 0.1) is 5.92 Å². The summed E-state index contributed by atoms with van der Waals surface area (Å²) in [6.07, 6.45) is -3.74. The number of nitrogens with zero attached hydrogens (tertiary/aromatic N) is 2. The maximum Gasteiger partial charge on any atom is 0.416 e. The third-order valence-electron chi connectivity index (χ3n) is 4.69. The molecule has 3 aromatic rings. The molecule has 1 aromatic heterocycles. The molecule has 0 saturated heterocycles. The van der Waals surface area contributed by atoms with E-state index < -0.39 is 17.8 Å². The number of hydrogen-bond donors (Lipinski definition) is 1. The Labute approximate surface area is 165 Å². The number of aromatic nitrogens is 2. The molecule has 0 bridgehead atoms. The summed E-state index contributed by atoms with van der Waals surface area (Å²) in [5.74, 6) is -0.142. The lowest BCUT2D eigenvalue weighted by Crippen LogP contribution is -2.32. The molecule has 8 heteroatoms. The van der Waals surface area contributed by atoms with Gasteiger partial charge in [0, 0.05) is 11.1 Å². The molecular formula is C21H20F3N3O2. The fourth-order valence-electron chi connectivity index (χ4n) is 2.81. The average molecular weight is 403 g/mol. The number of halogens is 3. The van der Waals surface area contributed by atoms with Crippen molar-refractivity contribution >= 4 is 5.91 Å². The monoisotopic (exact) mass is 403 g/mol. The highest BCUT2D eigenvalue weighted by Crippen LogP contribution is 2.32. The summed E-state index contributed by atoms with van der Waals surface area (Å²) in [6.45, 7) is 3.88. The summed E-state index contributed by atoms with van der Waals surface area (Å²) in [5.41, 5.74) is -0.122. The molecule has 0 radical (unpaired) electrons. The van der Waals surface area contributed by atoms with Gasteiger partial charge in [-0.25, -0.2) is 0 Å². The number of carbonyl (C=O) groups excluding carboxylic acids is 1. The predicted molar refractivity (Wildman–Crippen MR) is 101 cm³/mol. The van der Waals surface area contributed by atoms with Gasteiger partial charge in [-0.3, -0.25) is 4.79 Å². The Morgan fingerprint density at radius 1 is 1.14 bits per heavy atom. The summed E-state index contributed by atoms with van der Waals surface area (Å²) >= 11 is 0. The number of nitrogens with one attached hydrogen (secondary N) is 1. The van der Waals surface area contributed by atoms with Gasteiger partial charge in [-0.2, -0.15) is 18.2 Å². The minimum atomic E-state index is -4.47. The third-order valence-corrected chi connectivity index (χ3v) is 4.69. The highest BCUT2D eigenvalue weighted by Gasteiger charge is 2.31. The summed E-state index contributed by atoms with van der Waals surface area (Å²) in [7, 11) is 0. The van der Waals surface area contributed by atoms with E-state index in [0.717, 1.165) is 18.6 Å². The van der Waals surface area contributed by atoms with Crippen molar-refractivity contribution in [3.63, 3.8) is 0 Å². The fraction of sp³-hybridized carbons (Fsp3) is 0.286. The van der Waals surface area contributed by atoms with E-state index in [1.54, 1.807) is 24.3 Å². The van der Waals surface area contributed by atoms with Crippen LogP contribution in [-0.2, 0) is 6.18 Å². The summed E-state index contributed by atoms with van der Waals surface area (Å²) < 4.78 is 44.2. The molecule has 0 aliphatic heterocycles. The normalized spacial score (nSPS) is 13.7. The molecule has 0 spiro atoms. The Hall–Kier alpha value is -3.16. The van der Waals surface area contributed by atoms with Crippen molar-refractivity contribution in [2.24, 2.45) is 5.92 Å². The summed E-state index contributed by atoms with van der Waals surface area (Å²) in [6, 6.07) is 12.8. The topological polar surface area (TPSA) is 68.0 Å². The number of benzene rings is 2. The SMILES string of the molecule is CC[C@H](C)[C@H](NC(=O)c1ccccc1)c1nc(-c2cccc(C(F)(F)F)c2)no1. The summed E-state index contributed by atoms with van der Waals surface area (Å²) in [4.78, 5) is 16.8. The number of carbonyl (C=O) groups is 1. The highest BCUT2D eigenvalue weighted by atomic mass is 19.4. The summed E-state index contributed by atoms with van der Waals surface area (Å²) in [5, 5.41) is 6.71. The van der Waals surface area contributed by atoms with Crippen LogP contribution < -0.4 is 5.32 Å². The van der Waals surface area contributed by atoms with Crippen molar-refractivity contribution in [1.29, 1.82) is 0 Å². The zero-order valence-electron chi connectivity index (χ0n) is 15.9. The molecule has 0 saturated carbocycles. The van der Waals surface area contributed by atoms with Crippen molar-refractivity contribution < 1.29 is 22.5 Å². The van der Waals surface area contributed by atoms with E-state index in [9.17, 15) is 18.0 Å². The van der Waals surface area contributed by atoms with Crippen molar-refractivity contribution in [2.75, 3.05) is 0 Å². The first-order chi connectivity index (χ1) is 13.8. The van der Waals surface area contributed by atoms with Crippen LogP contribution in [0.2, 0.25) is 0 Å². The molecule has 3 rings (SSSR count). The van der Waals surface area contributed by atoms with Gasteiger partial charge in [-0.15, -0.1) is 0 Å². The molecule has 2 atom stereocenters. The van der Waals surface area contributed by atoms with Gasteiger partial charge >= 0.3 is 6.18 Å². The lowest BCUT2D eigenvalue weighted by Gasteiger charge is -2.20. The Bertz CT molecular complexity index is 971. The highest BCUT2D eigenvalue weighted by molar-refractivity contribution is 5.94. The zero-order chi connectivity index (χ0) is 21.0. The molecular weight excluding hydrogens is 383 g/mol. The average Bonchev–Trinajstić information content (AvgIpc) is 3.21. The Kier molecular flexibility index (Phi) is 6.00. The van der Waals surface area contributed by atoms with E-state index in [-0.39, 0.29) is 29.1 Å². The van der Waals surface area contributed by atoms with Crippen LogP contribution in [0.3, 0.4) is 0 Å². The van der Waals surface area contributed by atoms with Gasteiger partial charge in [0.15, 0.2) is 0 Å². The first-order valence-electron chi connectivity index (χ1n) is 9.16.